The van der Waals surface area contributed by atoms with Crippen molar-refractivity contribution < 1.29 is 14.3 Å². The van der Waals surface area contributed by atoms with E-state index in [4.69, 9.17) is 21.3 Å². The maximum absolute atomic E-state index is 13.1. The summed E-state index contributed by atoms with van der Waals surface area (Å²) in [5.41, 5.74) is 0.738. The summed E-state index contributed by atoms with van der Waals surface area (Å²) in [5.74, 6) is 0. The van der Waals surface area contributed by atoms with Gasteiger partial charge < -0.3 is 19.7 Å². The summed E-state index contributed by atoms with van der Waals surface area (Å²) in [6, 6.07) is 4.98. The number of halogens is 1. The van der Waals surface area contributed by atoms with E-state index in [1.165, 1.54) is 0 Å². The van der Waals surface area contributed by atoms with Gasteiger partial charge in [0.15, 0.2) is 8.32 Å². The molecule has 0 aliphatic carbocycles. The van der Waals surface area contributed by atoms with Crippen molar-refractivity contribution in [2.24, 2.45) is 0 Å². The van der Waals surface area contributed by atoms with Gasteiger partial charge in [0.05, 0.1) is 28.8 Å². The van der Waals surface area contributed by atoms with Crippen LogP contribution in [0, 0.1) is 18.3 Å². The molecule has 2 N–H and O–H groups in total. The van der Waals surface area contributed by atoms with E-state index in [0.717, 1.165) is 0 Å². The lowest BCUT2D eigenvalue weighted by molar-refractivity contribution is 0.0237. The molecule has 29 heavy (non-hydrogen) atoms. The van der Waals surface area contributed by atoms with Crippen LogP contribution in [0.4, 0.5) is 10.5 Å². The molecule has 6 nitrogen and oxygen atoms in total. The number of benzene rings is 1. The first kappa shape index (κ1) is 23.7. The van der Waals surface area contributed by atoms with E-state index in [1.807, 2.05) is 13.0 Å². The van der Waals surface area contributed by atoms with Gasteiger partial charge in [-0.3, -0.25) is 0 Å². The third kappa shape index (κ3) is 4.46. The Labute approximate surface area is 179 Å². The molecule has 1 aliphatic rings. The van der Waals surface area contributed by atoms with Crippen LogP contribution in [-0.4, -0.2) is 49.1 Å². The standard InChI is InChI=1S/C21H32ClN3O3Si/c1-14-16(9-8-15(12-23)18(14)22)24-19(27)25-11-10-17(21(25,5)13-26)28-29(6,7)20(2,3)4/h8-9,17,26H,10-11,13H2,1-7H3,(H,24,27)/t17-,21+/m0/s1. The average Bonchev–Trinajstić information content (AvgIpc) is 2.95. The average molecular weight is 438 g/mol. The van der Waals surface area contributed by atoms with Crippen molar-refractivity contribution in [3.63, 3.8) is 0 Å². The van der Waals surface area contributed by atoms with Crippen molar-refractivity contribution in [1.82, 2.24) is 4.90 Å². The molecule has 2 amide bonds. The molecule has 0 unspecified atom stereocenters. The number of carbonyl (C=O) groups is 1. The first-order valence-electron chi connectivity index (χ1n) is 9.85. The Morgan fingerprint density at radius 2 is 2.10 bits per heavy atom. The highest BCUT2D eigenvalue weighted by molar-refractivity contribution is 6.74. The van der Waals surface area contributed by atoms with Crippen LogP contribution in [0.1, 0.15) is 45.2 Å². The van der Waals surface area contributed by atoms with Crippen molar-refractivity contribution >= 4 is 31.6 Å². The number of hydrogen-bond donors (Lipinski definition) is 2. The molecule has 1 aromatic rings. The van der Waals surface area contributed by atoms with Crippen LogP contribution in [0.25, 0.3) is 0 Å². The fourth-order valence-electron chi connectivity index (χ4n) is 3.32. The molecule has 8 heteroatoms. The number of hydrogen-bond acceptors (Lipinski definition) is 4. The van der Waals surface area contributed by atoms with Crippen LogP contribution in [0.15, 0.2) is 12.1 Å². The van der Waals surface area contributed by atoms with Crippen molar-refractivity contribution in [3.05, 3.63) is 28.3 Å². The Balaban J connectivity index is 2.24. The van der Waals surface area contributed by atoms with Gasteiger partial charge in [0.2, 0.25) is 0 Å². The van der Waals surface area contributed by atoms with E-state index in [9.17, 15) is 9.90 Å². The molecule has 160 valence electrons. The fourth-order valence-corrected chi connectivity index (χ4v) is 4.96. The zero-order valence-electron chi connectivity index (χ0n) is 18.4. The minimum atomic E-state index is -2.06. The summed E-state index contributed by atoms with van der Waals surface area (Å²) in [7, 11) is -2.06. The number of aliphatic hydroxyl groups is 1. The van der Waals surface area contributed by atoms with E-state index in [1.54, 1.807) is 24.0 Å². The molecule has 1 aromatic carbocycles. The lowest BCUT2D eigenvalue weighted by atomic mass is 9.97. The number of nitrogens with zero attached hydrogens (tertiary/aromatic N) is 2. The Kier molecular flexibility index (Phi) is 6.75. The maximum Gasteiger partial charge on any atom is 0.322 e. The Morgan fingerprint density at radius 3 is 2.62 bits per heavy atom. The highest BCUT2D eigenvalue weighted by Gasteiger charge is 2.51. The summed E-state index contributed by atoms with van der Waals surface area (Å²) in [6.45, 7) is 14.8. The number of likely N-dealkylation sites (tertiary alicyclic amines) is 1. The van der Waals surface area contributed by atoms with Gasteiger partial charge in [0.1, 0.15) is 6.07 Å². The summed E-state index contributed by atoms with van der Waals surface area (Å²) in [4.78, 5) is 14.7. The minimum Gasteiger partial charge on any atom is -0.411 e. The lowest BCUT2D eigenvalue weighted by Gasteiger charge is -2.44. The number of aliphatic hydroxyl groups excluding tert-OH is 1. The summed E-state index contributed by atoms with van der Waals surface area (Å²) < 4.78 is 6.57. The number of urea groups is 1. The van der Waals surface area contributed by atoms with Gasteiger partial charge in [0, 0.05) is 12.2 Å². The summed E-state index contributed by atoms with van der Waals surface area (Å²) in [6.07, 6.45) is 0.439. The van der Waals surface area contributed by atoms with E-state index < -0.39 is 13.9 Å². The molecule has 1 fully saturated rings. The lowest BCUT2D eigenvalue weighted by Crippen LogP contribution is -2.58. The molecule has 0 aromatic heterocycles. The molecule has 2 rings (SSSR count). The van der Waals surface area contributed by atoms with Crippen molar-refractivity contribution in [2.75, 3.05) is 18.5 Å². The molecule has 0 radical (unpaired) electrons. The van der Waals surface area contributed by atoms with Gasteiger partial charge in [-0.15, -0.1) is 0 Å². The minimum absolute atomic E-state index is 0.0371. The highest BCUT2D eigenvalue weighted by atomic mass is 35.5. The molecular formula is C21H32ClN3O3Si. The van der Waals surface area contributed by atoms with Crippen molar-refractivity contribution in [1.29, 1.82) is 5.26 Å². The van der Waals surface area contributed by atoms with Crippen LogP contribution >= 0.6 is 11.6 Å². The van der Waals surface area contributed by atoms with Gasteiger partial charge in [0.25, 0.3) is 0 Å². The zero-order chi connectivity index (χ0) is 22.2. The summed E-state index contributed by atoms with van der Waals surface area (Å²) in [5, 5.41) is 22.6. The maximum atomic E-state index is 13.1. The third-order valence-electron chi connectivity index (χ3n) is 6.48. The molecule has 1 heterocycles. The highest BCUT2D eigenvalue weighted by Crippen LogP contribution is 2.42. The Bertz CT molecular complexity index is 832. The number of carbonyl (C=O) groups excluding carboxylic acids is 1. The second-order valence-corrected chi connectivity index (χ2v) is 14.6. The van der Waals surface area contributed by atoms with Crippen LogP contribution < -0.4 is 5.32 Å². The van der Waals surface area contributed by atoms with Crippen molar-refractivity contribution in [3.8, 4) is 6.07 Å². The topological polar surface area (TPSA) is 85.6 Å². The van der Waals surface area contributed by atoms with E-state index in [2.05, 4.69) is 39.2 Å². The smallest absolute Gasteiger partial charge is 0.322 e. The van der Waals surface area contributed by atoms with Gasteiger partial charge in [-0.2, -0.15) is 5.26 Å². The zero-order valence-corrected chi connectivity index (χ0v) is 20.1. The number of rotatable bonds is 4. The molecule has 1 saturated heterocycles. The van der Waals surface area contributed by atoms with E-state index in [0.29, 0.717) is 34.8 Å². The molecule has 1 aliphatic heterocycles. The predicted molar refractivity (Wildman–Crippen MR) is 119 cm³/mol. The second kappa shape index (κ2) is 8.27. The fraction of sp³-hybridized carbons (Fsp3) is 0.619. The molecular weight excluding hydrogens is 406 g/mol. The molecule has 0 spiro atoms. The second-order valence-electron chi connectivity index (χ2n) is 9.46. The predicted octanol–water partition coefficient (Wildman–Crippen LogP) is 4.90. The number of nitriles is 1. The Hall–Kier alpha value is -1.59. The number of nitrogens with one attached hydrogen (secondary N) is 1. The quantitative estimate of drug-likeness (QED) is 0.656. The SMILES string of the molecule is Cc1c(NC(=O)N2CC[C@H](O[Si](C)(C)C(C)(C)C)[C@@]2(C)CO)ccc(C#N)c1Cl. The van der Waals surface area contributed by atoms with Gasteiger partial charge in [-0.05, 0) is 56.1 Å². The van der Waals surface area contributed by atoms with Crippen LogP contribution in [0.3, 0.4) is 0 Å². The van der Waals surface area contributed by atoms with Gasteiger partial charge in [-0.25, -0.2) is 4.79 Å². The first-order valence-corrected chi connectivity index (χ1v) is 13.1. The monoisotopic (exact) mass is 437 g/mol. The van der Waals surface area contributed by atoms with Gasteiger partial charge >= 0.3 is 6.03 Å². The molecule has 0 saturated carbocycles. The largest absolute Gasteiger partial charge is 0.411 e. The van der Waals surface area contributed by atoms with Crippen LogP contribution in [0.2, 0.25) is 23.2 Å². The number of amides is 2. The van der Waals surface area contributed by atoms with Gasteiger partial charge in [-0.1, -0.05) is 32.4 Å². The van der Waals surface area contributed by atoms with E-state index in [-0.39, 0.29) is 23.8 Å². The molecule has 0 bridgehead atoms. The van der Waals surface area contributed by atoms with E-state index >= 15 is 0 Å². The normalized spacial score (nSPS) is 22.5. The van der Waals surface area contributed by atoms with Crippen LogP contribution in [0.5, 0.6) is 0 Å². The Morgan fingerprint density at radius 1 is 1.48 bits per heavy atom. The summed E-state index contributed by atoms with van der Waals surface area (Å²) >= 11 is 6.22. The number of anilines is 1. The first-order chi connectivity index (χ1) is 13.3. The van der Waals surface area contributed by atoms with Crippen molar-refractivity contribution in [2.45, 2.75) is 70.8 Å². The third-order valence-corrected chi connectivity index (χ3v) is 11.5. The van der Waals surface area contributed by atoms with Crippen LogP contribution in [-0.2, 0) is 4.43 Å². The molecule has 2 atom stereocenters.